The number of anilines is 1. The summed E-state index contributed by atoms with van der Waals surface area (Å²) in [6.45, 7) is 3.48. The van der Waals surface area contributed by atoms with Crippen LogP contribution >= 0.6 is 11.6 Å². The van der Waals surface area contributed by atoms with Gasteiger partial charge in [-0.3, -0.25) is 9.89 Å². The third kappa shape index (κ3) is 3.98. The zero-order valence-corrected chi connectivity index (χ0v) is 18.2. The summed E-state index contributed by atoms with van der Waals surface area (Å²) in [7, 11) is 0. The summed E-state index contributed by atoms with van der Waals surface area (Å²) in [6.07, 6.45) is 0. The van der Waals surface area contributed by atoms with Crippen molar-refractivity contribution in [1.82, 2.24) is 10.2 Å². The molecule has 0 aliphatic carbocycles. The number of aromatic amines is 1. The summed E-state index contributed by atoms with van der Waals surface area (Å²) >= 11 is 6.10. The smallest absolute Gasteiger partial charge is 0.262 e. The number of fused-ring (bicyclic) bond motifs is 1. The molecule has 0 bridgehead atoms. The van der Waals surface area contributed by atoms with E-state index >= 15 is 0 Å². The molecule has 8 nitrogen and oxygen atoms in total. The van der Waals surface area contributed by atoms with Crippen molar-refractivity contribution < 1.29 is 14.3 Å². The Hall–Kier alpha value is -3.96. The SMILES string of the molecule is Cc1[nH]nc2c1C(c1cccc(OCC(=O)Nc3cccc(Cl)c3C)c1)C(C#N)=C(N)O2. The summed E-state index contributed by atoms with van der Waals surface area (Å²) in [5.74, 6) is 0.0480. The number of aromatic nitrogens is 2. The van der Waals surface area contributed by atoms with Crippen LogP contribution in [0.25, 0.3) is 0 Å². The summed E-state index contributed by atoms with van der Waals surface area (Å²) in [5, 5.41) is 20.0. The molecule has 162 valence electrons. The number of hydrogen-bond acceptors (Lipinski definition) is 6. The minimum Gasteiger partial charge on any atom is -0.484 e. The van der Waals surface area contributed by atoms with Gasteiger partial charge in [0.2, 0.25) is 11.8 Å². The lowest BCUT2D eigenvalue weighted by molar-refractivity contribution is -0.118. The largest absolute Gasteiger partial charge is 0.484 e. The summed E-state index contributed by atoms with van der Waals surface area (Å²) in [4.78, 5) is 12.4. The van der Waals surface area contributed by atoms with Gasteiger partial charge in [-0.05, 0) is 49.2 Å². The first-order chi connectivity index (χ1) is 15.4. The van der Waals surface area contributed by atoms with Gasteiger partial charge in [0.05, 0.1) is 5.92 Å². The second-order valence-electron chi connectivity index (χ2n) is 7.31. The number of nitrogens with zero attached hydrogens (tertiary/aromatic N) is 2. The maximum atomic E-state index is 12.4. The van der Waals surface area contributed by atoms with Crippen molar-refractivity contribution in [3.8, 4) is 17.7 Å². The molecule has 1 unspecified atom stereocenters. The number of nitriles is 1. The van der Waals surface area contributed by atoms with Crippen LogP contribution in [-0.2, 0) is 4.79 Å². The van der Waals surface area contributed by atoms with Crippen LogP contribution < -0.4 is 20.5 Å². The number of amides is 1. The molecule has 9 heteroatoms. The van der Waals surface area contributed by atoms with Crippen LogP contribution in [0.2, 0.25) is 5.02 Å². The fourth-order valence-corrected chi connectivity index (χ4v) is 3.77. The highest BCUT2D eigenvalue weighted by Crippen LogP contribution is 2.43. The minimum absolute atomic E-state index is 0.0130. The van der Waals surface area contributed by atoms with E-state index < -0.39 is 5.92 Å². The lowest BCUT2D eigenvalue weighted by atomic mass is 9.84. The zero-order chi connectivity index (χ0) is 22.8. The molecule has 32 heavy (non-hydrogen) atoms. The van der Waals surface area contributed by atoms with Crippen molar-refractivity contribution >= 4 is 23.2 Å². The molecule has 2 aromatic carbocycles. The second-order valence-corrected chi connectivity index (χ2v) is 7.72. The summed E-state index contributed by atoms with van der Waals surface area (Å²) < 4.78 is 11.2. The number of H-pyrrole nitrogens is 1. The highest BCUT2D eigenvalue weighted by molar-refractivity contribution is 6.31. The predicted molar refractivity (Wildman–Crippen MR) is 119 cm³/mol. The van der Waals surface area contributed by atoms with E-state index in [9.17, 15) is 10.1 Å². The molecule has 0 fully saturated rings. The fraction of sp³-hybridized carbons (Fsp3) is 0.174. The van der Waals surface area contributed by atoms with Crippen LogP contribution in [0.15, 0.2) is 53.9 Å². The normalized spacial score (nSPS) is 14.9. The molecule has 1 aromatic heterocycles. The molecular formula is C23H20ClN5O3. The lowest BCUT2D eigenvalue weighted by Crippen LogP contribution is -2.22. The number of nitrogens with one attached hydrogen (secondary N) is 2. The topological polar surface area (TPSA) is 126 Å². The molecule has 0 saturated heterocycles. The number of nitrogens with two attached hydrogens (primary N) is 1. The third-order valence-corrected chi connectivity index (χ3v) is 5.64. The van der Waals surface area contributed by atoms with E-state index in [1.165, 1.54) is 0 Å². The summed E-state index contributed by atoms with van der Waals surface area (Å²) in [6, 6.07) is 14.6. The van der Waals surface area contributed by atoms with Crippen molar-refractivity contribution in [3.05, 3.63) is 81.3 Å². The van der Waals surface area contributed by atoms with Gasteiger partial charge in [0.15, 0.2) is 6.61 Å². The van der Waals surface area contributed by atoms with Gasteiger partial charge in [0.25, 0.3) is 5.91 Å². The standard InChI is InChI=1S/C23H20ClN5O3/c1-12-17(24)7-4-8-18(12)27-19(30)11-31-15-6-3-5-14(9-15)21-16(10-25)22(26)32-23-20(21)13(2)28-29-23/h3-9,21H,11,26H2,1-2H3,(H,27,30)(H,28,29). The van der Waals surface area contributed by atoms with Crippen molar-refractivity contribution in [3.63, 3.8) is 0 Å². The number of allylic oxidation sites excluding steroid dienone is 1. The molecular weight excluding hydrogens is 430 g/mol. The van der Waals surface area contributed by atoms with Gasteiger partial charge in [-0.25, -0.2) is 0 Å². The lowest BCUT2D eigenvalue weighted by Gasteiger charge is -2.24. The molecule has 3 aromatic rings. The van der Waals surface area contributed by atoms with E-state index in [0.717, 1.165) is 22.4 Å². The first kappa shape index (κ1) is 21.3. The number of benzene rings is 2. The van der Waals surface area contributed by atoms with Crippen LogP contribution in [0.4, 0.5) is 5.69 Å². The highest BCUT2D eigenvalue weighted by atomic mass is 35.5. The summed E-state index contributed by atoms with van der Waals surface area (Å²) in [5.41, 5.74) is 9.93. The Bertz CT molecular complexity index is 1270. The molecule has 1 amide bonds. The average Bonchev–Trinajstić information content (AvgIpc) is 3.14. The van der Waals surface area contributed by atoms with E-state index in [0.29, 0.717) is 22.3 Å². The number of aryl methyl sites for hydroxylation is 1. The molecule has 0 spiro atoms. The van der Waals surface area contributed by atoms with Crippen molar-refractivity contribution in [2.75, 3.05) is 11.9 Å². The first-order valence-electron chi connectivity index (χ1n) is 9.79. The Morgan fingerprint density at radius 2 is 2.12 bits per heavy atom. The van der Waals surface area contributed by atoms with E-state index in [-0.39, 0.29) is 24.0 Å². The minimum atomic E-state index is -0.464. The average molecular weight is 450 g/mol. The molecule has 1 atom stereocenters. The van der Waals surface area contributed by atoms with Gasteiger partial charge in [-0.2, -0.15) is 5.26 Å². The van der Waals surface area contributed by atoms with Crippen LogP contribution in [0.5, 0.6) is 11.6 Å². The van der Waals surface area contributed by atoms with Crippen molar-refractivity contribution in [2.45, 2.75) is 19.8 Å². The highest BCUT2D eigenvalue weighted by Gasteiger charge is 2.34. The van der Waals surface area contributed by atoms with Crippen molar-refractivity contribution in [2.24, 2.45) is 5.73 Å². The van der Waals surface area contributed by atoms with E-state index in [1.54, 1.807) is 36.4 Å². The number of ether oxygens (including phenoxy) is 2. The van der Waals surface area contributed by atoms with Crippen LogP contribution in [0.3, 0.4) is 0 Å². The molecule has 0 radical (unpaired) electrons. The first-order valence-corrected chi connectivity index (χ1v) is 10.2. The molecule has 1 aliphatic rings. The van der Waals surface area contributed by atoms with Crippen LogP contribution in [0, 0.1) is 25.2 Å². The number of rotatable bonds is 5. The third-order valence-electron chi connectivity index (χ3n) is 5.23. The molecule has 1 aliphatic heterocycles. The quantitative estimate of drug-likeness (QED) is 0.542. The van der Waals surface area contributed by atoms with Gasteiger partial charge in [-0.1, -0.05) is 29.8 Å². The second kappa shape index (κ2) is 8.65. The van der Waals surface area contributed by atoms with Gasteiger partial charge >= 0.3 is 0 Å². The number of carbonyl (C=O) groups excluding carboxylic acids is 1. The van der Waals surface area contributed by atoms with E-state index in [1.807, 2.05) is 19.9 Å². The Labute approximate surface area is 189 Å². The number of halogens is 1. The molecule has 2 heterocycles. The Balaban J connectivity index is 1.54. The number of carbonyl (C=O) groups is 1. The fourth-order valence-electron chi connectivity index (χ4n) is 3.59. The monoisotopic (exact) mass is 449 g/mol. The Morgan fingerprint density at radius 3 is 2.91 bits per heavy atom. The van der Waals surface area contributed by atoms with Gasteiger partial charge in [0.1, 0.15) is 17.4 Å². The van der Waals surface area contributed by atoms with E-state index in [4.69, 9.17) is 26.8 Å². The van der Waals surface area contributed by atoms with Gasteiger partial charge in [-0.15, -0.1) is 5.10 Å². The Morgan fingerprint density at radius 1 is 1.34 bits per heavy atom. The van der Waals surface area contributed by atoms with Crippen molar-refractivity contribution in [1.29, 1.82) is 5.26 Å². The zero-order valence-electron chi connectivity index (χ0n) is 17.4. The Kier molecular flexibility index (Phi) is 5.75. The maximum absolute atomic E-state index is 12.4. The van der Waals surface area contributed by atoms with Crippen LogP contribution in [-0.4, -0.2) is 22.7 Å². The molecule has 0 saturated carbocycles. The van der Waals surface area contributed by atoms with Crippen LogP contribution in [0.1, 0.15) is 28.3 Å². The molecule has 4 N–H and O–H groups in total. The molecule has 4 rings (SSSR count). The predicted octanol–water partition coefficient (Wildman–Crippen LogP) is 3.92. The van der Waals surface area contributed by atoms with Gasteiger partial charge in [0, 0.05) is 22.0 Å². The van der Waals surface area contributed by atoms with E-state index in [2.05, 4.69) is 21.6 Å². The van der Waals surface area contributed by atoms with Gasteiger partial charge < -0.3 is 20.5 Å². The maximum Gasteiger partial charge on any atom is 0.262 e. The number of hydrogen-bond donors (Lipinski definition) is 3.